The van der Waals surface area contributed by atoms with Gasteiger partial charge in [0.25, 0.3) is 0 Å². The van der Waals surface area contributed by atoms with Crippen LogP contribution < -0.4 is 4.74 Å². The summed E-state index contributed by atoms with van der Waals surface area (Å²) in [5.74, 6) is -1.22. The minimum Gasteiger partial charge on any atom is -0.495 e. The number of hydrogen-bond acceptors (Lipinski definition) is 6. The number of nitrogens with zero attached hydrogens (tertiary/aromatic N) is 1. The van der Waals surface area contributed by atoms with E-state index in [9.17, 15) is 18.0 Å². The van der Waals surface area contributed by atoms with Crippen molar-refractivity contribution in [3.63, 3.8) is 0 Å². The second kappa shape index (κ2) is 10.3. The molecule has 0 atom stereocenters. The number of rotatable bonds is 9. The van der Waals surface area contributed by atoms with Crippen LogP contribution in [0.15, 0.2) is 41.3 Å². The fourth-order valence-electron chi connectivity index (χ4n) is 2.68. The first-order chi connectivity index (χ1) is 14.1. The van der Waals surface area contributed by atoms with Gasteiger partial charge < -0.3 is 9.47 Å². The first-order valence-electron chi connectivity index (χ1n) is 8.99. The van der Waals surface area contributed by atoms with Crippen LogP contribution in [0.3, 0.4) is 0 Å². The van der Waals surface area contributed by atoms with Gasteiger partial charge in [0.05, 0.1) is 22.7 Å². The van der Waals surface area contributed by atoms with Crippen LogP contribution in [0.25, 0.3) is 0 Å². The zero-order chi connectivity index (χ0) is 22.5. The molecular weight excluding hydrogens is 453 g/mol. The molecule has 0 aliphatic carbocycles. The number of ketones is 1. The number of carbonyl (C=O) groups is 2. The van der Waals surface area contributed by atoms with Gasteiger partial charge in [-0.3, -0.25) is 4.79 Å². The molecule has 10 heteroatoms. The molecule has 0 heterocycles. The summed E-state index contributed by atoms with van der Waals surface area (Å²) in [5, 5.41) is 0.501. The molecule has 2 aromatic carbocycles. The van der Waals surface area contributed by atoms with Crippen molar-refractivity contribution in [1.29, 1.82) is 0 Å². The van der Waals surface area contributed by atoms with Crippen LogP contribution in [-0.4, -0.2) is 51.3 Å². The lowest BCUT2D eigenvalue weighted by molar-refractivity contribution is 0.0474. The lowest BCUT2D eigenvalue weighted by Crippen LogP contribution is -2.31. The summed E-state index contributed by atoms with van der Waals surface area (Å²) in [7, 11) is -2.54. The predicted molar refractivity (Wildman–Crippen MR) is 114 cm³/mol. The SMILES string of the molecule is CCN(CC)S(=O)(=O)c1cc(C(=O)OCC(=O)c2ccc(Cl)c(Cl)c2)ccc1OC. The number of halogens is 2. The van der Waals surface area contributed by atoms with Gasteiger partial charge in [-0.05, 0) is 36.4 Å². The molecule has 0 aliphatic heterocycles. The standard InChI is InChI=1S/C20H21Cl2NO6S/c1-4-23(5-2)30(26,27)19-11-14(7-9-18(19)28-3)20(25)29-12-17(24)13-6-8-15(21)16(22)10-13/h6-11H,4-5,12H2,1-3H3. The average Bonchev–Trinajstić information content (AvgIpc) is 2.73. The Hall–Kier alpha value is -2.13. The predicted octanol–water partition coefficient (Wildman–Crippen LogP) is 4.07. The van der Waals surface area contributed by atoms with Crippen molar-refractivity contribution in [2.24, 2.45) is 0 Å². The van der Waals surface area contributed by atoms with Gasteiger partial charge in [-0.2, -0.15) is 4.31 Å². The molecular formula is C20H21Cl2NO6S. The van der Waals surface area contributed by atoms with E-state index in [1.807, 2.05) is 0 Å². The van der Waals surface area contributed by atoms with Gasteiger partial charge in [-0.25, -0.2) is 13.2 Å². The molecule has 0 amide bonds. The van der Waals surface area contributed by atoms with Gasteiger partial charge in [0.2, 0.25) is 10.0 Å². The second-order valence-corrected chi connectivity index (χ2v) is 8.80. The van der Waals surface area contributed by atoms with Crippen LogP contribution in [0.5, 0.6) is 5.75 Å². The summed E-state index contributed by atoms with van der Waals surface area (Å²) in [6.07, 6.45) is 0. The van der Waals surface area contributed by atoms with Crippen molar-refractivity contribution < 1.29 is 27.5 Å². The minimum atomic E-state index is -3.88. The zero-order valence-electron chi connectivity index (χ0n) is 16.6. The molecule has 0 spiro atoms. The van der Waals surface area contributed by atoms with Gasteiger partial charge in [-0.15, -0.1) is 0 Å². The molecule has 0 saturated carbocycles. The molecule has 0 aromatic heterocycles. The molecule has 30 heavy (non-hydrogen) atoms. The van der Waals surface area contributed by atoms with Crippen LogP contribution in [0.2, 0.25) is 10.0 Å². The molecule has 0 aliphatic rings. The number of carbonyl (C=O) groups excluding carboxylic acids is 2. The van der Waals surface area contributed by atoms with Gasteiger partial charge >= 0.3 is 5.97 Å². The van der Waals surface area contributed by atoms with Crippen molar-refractivity contribution in [1.82, 2.24) is 4.31 Å². The van der Waals surface area contributed by atoms with Crippen LogP contribution in [-0.2, 0) is 14.8 Å². The lowest BCUT2D eigenvalue weighted by Gasteiger charge is -2.20. The highest BCUT2D eigenvalue weighted by Gasteiger charge is 2.27. The van der Waals surface area contributed by atoms with E-state index in [2.05, 4.69) is 0 Å². The fourth-order valence-corrected chi connectivity index (χ4v) is 4.61. The van der Waals surface area contributed by atoms with Crippen LogP contribution in [0, 0.1) is 0 Å². The van der Waals surface area contributed by atoms with Crippen molar-refractivity contribution in [2.75, 3.05) is 26.8 Å². The smallest absolute Gasteiger partial charge is 0.338 e. The van der Waals surface area contributed by atoms with Gasteiger partial charge in [-0.1, -0.05) is 37.0 Å². The topological polar surface area (TPSA) is 90.0 Å². The van der Waals surface area contributed by atoms with Gasteiger partial charge in [0, 0.05) is 18.7 Å². The third kappa shape index (κ3) is 5.31. The van der Waals surface area contributed by atoms with Crippen molar-refractivity contribution in [2.45, 2.75) is 18.7 Å². The number of sulfonamides is 1. The van der Waals surface area contributed by atoms with E-state index < -0.39 is 28.4 Å². The van der Waals surface area contributed by atoms with E-state index in [4.69, 9.17) is 32.7 Å². The van der Waals surface area contributed by atoms with Crippen LogP contribution in [0.1, 0.15) is 34.6 Å². The quantitative estimate of drug-likeness (QED) is 0.402. The molecule has 0 unspecified atom stereocenters. The summed E-state index contributed by atoms with van der Waals surface area (Å²) < 4.78 is 37.2. The van der Waals surface area contributed by atoms with E-state index in [1.165, 1.54) is 47.8 Å². The molecule has 0 radical (unpaired) electrons. The Labute approximate surface area is 185 Å². The number of methoxy groups -OCH3 is 1. The first kappa shape index (κ1) is 24.1. The van der Waals surface area contributed by atoms with E-state index in [1.54, 1.807) is 13.8 Å². The Bertz CT molecular complexity index is 1050. The van der Waals surface area contributed by atoms with E-state index >= 15 is 0 Å². The van der Waals surface area contributed by atoms with Gasteiger partial charge in [0.15, 0.2) is 12.4 Å². The number of esters is 1. The van der Waals surface area contributed by atoms with E-state index in [-0.39, 0.29) is 39.9 Å². The Balaban J connectivity index is 2.24. The van der Waals surface area contributed by atoms with E-state index in [0.717, 1.165) is 0 Å². The summed E-state index contributed by atoms with van der Waals surface area (Å²) in [5.41, 5.74) is 0.209. The number of Topliss-reactive ketones (excluding diaryl/α,β-unsaturated/α-hetero) is 1. The summed E-state index contributed by atoms with van der Waals surface area (Å²) in [6, 6.07) is 8.22. The Morgan fingerprint density at radius 3 is 2.17 bits per heavy atom. The summed E-state index contributed by atoms with van der Waals surface area (Å²) in [4.78, 5) is 24.5. The Morgan fingerprint density at radius 2 is 1.60 bits per heavy atom. The van der Waals surface area contributed by atoms with Crippen molar-refractivity contribution >= 4 is 45.0 Å². The zero-order valence-corrected chi connectivity index (χ0v) is 19.0. The largest absolute Gasteiger partial charge is 0.495 e. The maximum Gasteiger partial charge on any atom is 0.338 e. The van der Waals surface area contributed by atoms with E-state index in [0.29, 0.717) is 5.02 Å². The maximum absolute atomic E-state index is 12.9. The highest BCUT2D eigenvalue weighted by molar-refractivity contribution is 7.89. The normalized spacial score (nSPS) is 11.4. The fraction of sp³-hybridized carbons (Fsp3) is 0.300. The number of ether oxygens (including phenoxy) is 2. The highest BCUT2D eigenvalue weighted by atomic mass is 35.5. The Morgan fingerprint density at radius 1 is 0.967 bits per heavy atom. The minimum absolute atomic E-state index is 0.0246. The molecule has 0 fully saturated rings. The van der Waals surface area contributed by atoms with Crippen LogP contribution >= 0.6 is 23.2 Å². The van der Waals surface area contributed by atoms with Crippen molar-refractivity contribution in [3.8, 4) is 5.75 Å². The third-order valence-corrected chi connectivity index (χ3v) is 7.11. The molecule has 162 valence electrons. The first-order valence-corrected chi connectivity index (χ1v) is 11.2. The summed E-state index contributed by atoms with van der Waals surface area (Å²) >= 11 is 11.7. The number of benzene rings is 2. The van der Waals surface area contributed by atoms with Gasteiger partial charge in [0.1, 0.15) is 10.6 Å². The molecule has 2 aromatic rings. The second-order valence-electron chi connectivity index (χ2n) is 6.08. The van der Waals surface area contributed by atoms with Crippen LogP contribution in [0.4, 0.5) is 0 Å². The highest BCUT2D eigenvalue weighted by Crippen LogP contribution is 2.28. The van der Waals surface area contributed by atoms with Crippen molar-refractivity contribution in [3.05, 3.63) is 57.6 Å². The monoisotopic (exact) mass is 473 g/mol. The Kier molecular flexibility index (Phi) is 8.25. The third-order valence-electron chi connectivity index (χ3n) is 4.30. The average molecular weight is 474 g/mol. The molecule has 0 bridgehead atoms. The summed E-state index contributed by atoms with van der Waals surface area (Å²) in [6.45, 7) is 3.39. The number of hydrogen-bond donors (Lipinski definition) is 0. The molecule has 0 saturated heterocycles. The maximum atomic E-state index is 12.9. The lowest BCUT2D eigenvalue weighted by atomic mass is 10.1. The molecule has 7 nitrogen and oxygen atoms in total. The molecule has 0 N–H and O–H groups in total. The molecule has 2 rings (SSSR count).